The summed E-state index contributed by atoms with van der Waals surface area (Å²) in [6, 6.07) is -0.140. The van der Waals surface area contributed by atoms with Gasteiger partial charge < -0.3 is 5.73 Å². The van der Waals surface area contributed by atoms with Crippen LogP contribution in [0, 0.1) is 13.8 Å². The summed E-state index contributed by atoms with van der Waals surface area (Å²) in [4.78, 5) is 0.301. The molecule has 0 amide bonds. The Bertz CT molecular complexity index is 590. The van der Waals surface area contributed by atoms with Crippen LogP contribution in [-0.2, 0) is 16.6 Å². The predicted molar refractivity (Wildman–Crippen MR) is 84.6 cm³/mol. The summed E-state index contributed by atoms with van der Waals surface area (Å²) in [5, 5.41) is 4.35. The Kier molecular flexibility index (Phi) is 6.12. The highest BCUT2D eigenvalue weighted by Crippen LogP contribution is 2.25. The van der Waals surface area contributed by atoms with Crippen molar-refractivity contribution in [2.45, 2.75) is 51.6 Å². The van der Waals surface area contributed by atoms with Crippen LogP contribution in [0.1, 0.15) is 31.7 Å². The number of nitrogens with two attached hydrogens (primary N) is 1. The van der Waals surface area contributed by atoms with Crippen LogP contribution in [0.15, 0.2) is 17.6 Å². The number of nitrogens with zero attached hydrogens (tertiary/aromatic N) is 3. The third kappa shape index (κ3) is 3.72. The summed E-state index contributed by atoms with van der Waals surface area (Å²) in [6.07, 6.45) is 2.36. The molecule has 1 aromatic heterocycles. The fourth-order valence-electron chi connectivity index (χ4n) is 2.34. The van der Waals surface area contributed by atoms with Crippen LogP contribution in [-0.4, -0.2) is 41.6 Å². The van der Waals surface area contributed by atoms with Crippen molar-refractivity contribution in [1.29, 1.82) is 0 Å². The second-order valence-electron chi connectivity index (χ2n) is 5.32. The van der Waals surface area contributed by atoms with Crippen LogP contribution >= 0.6 is 0 Å². The quantitative estimate of drug-likeness (QED) is 0.736. The third-order valence-corrected chi connectivity index (χ3v) is 5.64. The normalized spacial score (nSPS) is 12.3. The Labute approximate surface area is 127 Å². The Hall–Kier alpha value is -1.18. The van der Waals surface area contributed by atoms with Gasteiger partial charge in [-0.3, -0.25) is 4.68 Å². The van der Waals surface area contributed by atoms with Crippen LogP contribution in [0.5, 0.6) is 0 Å². The highest BCUT2D eigenvalue weighted by Gasteiger charge is 2.31. The maximum absolute atomic E-state index is 12.9. The molecular weight excluding hydrogens is 288 g/mol. The van der Waals surface area contributed by atoms with Crippen molar-refractivity contribution in [3.05, 3.63) is 24.0 Å². The number of aryl methyl sites for hydroxylation is 2. The van der Waals surface area contributed by atoms with E-state index in [1.165, 1.54) is 4.31 Å². The van der Waals surface area contributed by atoms with Crippen molar-refractivity contribution in [2.24, 2.45) is 5.73 Å². The summed E-state index contributed by atoms with van der Waals surface area (Å²) in [7, 11) is -3.58. The summed E-state index contributed by atoms with van der Waals surface area (Å²) < 4.78 is 28.9. The largest absolute Gasteiger partial charge is 0.330 e. The molecule has 6 nitrogen and oxygen atoms in total. The van der Waals surface area contributed by atoms with Crippen molar-refractivity contribution in [3.8, 4) is 0 Å². The van der Waals surface area contributed by atoms with E-state index < -0.39 is 10.0 Å². The van der Waals surface area contributed by atoms with E-state index >= 15 is 0 Å². The van der Waals surface area contributed by atoms with Gasteiger partial charge in [-0.25, -0.2) is 8.42 Å². The van der Waals surface area contributed by atoms with E-state index in [0.717, 1.165) is 6.42 Å². The molecule has 0 atom stereocenters. The SMILES string of the molecule is C=CCN(C(C)C)S(=O)(=O)c1c(C)nn(CCCN)c1C. The number of aromatic nitrogens is 2. The number of sulfonamides is 1. The molecule has 7 heteroatoms. The van der Waals surface area contributed by atoms with Gasteiger partial charge in [0.25, 0.3) is 0 Å². The molecule has 0 spiro atoms. The van der Waals surface area contributed by atoms with Crippen LogP contribution in [0.3, 0.4) is 0 Å². The maximum Gasteiger partial charge on any atom is 0.247 e. The first-order valence-corrected chi connectivity index (χ1v) is 8.58. The first-order chi connectivity index (χ1) is 9.77. The third-order valence-electron chi connectivity index (χ3n) is 3.34. The van der Waals surface area contributed by atoms with E-state index in [9.17, 15) is 8.42 Å². The zero-order chi connectivity index (χ0) is 16.2. The smallest absolute Gasteiger partial charge is 0.247 e. The maximum atomic E-state index is 12.9. The highest BCUT2D eigenvalue weighted by atomic mass is 32.2. The molecule has 120 valence electrons. The fourth-order valence-corrected chi connectivity index (χ4v) is 4.33. The average Bonchev–Trinajstić information content (AvgIpc) is 2.68. The lowest BCUT2D eigenvalue weighted by Gasteiger charge is -2.24. The molecule has 21 heavy (non-hydrogen) atoms. The average molecular weight is 314 g/mol. The van der Waals surface area contributed by atoms with Crippen molar-refractivity contribution in [3.63, 3.8) is 0 Å². The molecule has 0 saturated heterocycles. The van der Waals surface area contributed by atoms with Gasteiger partial charge in [-0.05, 0) is 40.7 Å². The molecule has 1 aromatic rings. The monoisotopic (exact) mass is 314 g/mol. The summed E-state index contributed by atoms with van der Waals surface area (Å²) in [5.41, 5.74) is 6.70. The Morgan fingerprint density at radius 2 is 2.05 bits per heavy atom. The van der Waals surface area contributed by atoms with Crippen LogP contribution < -0.4 is 5.73 Å². The predicted octanol–water partition coefficient (Wildman–Crippen LogP) is 1.43. The van der Waals surface area contributed by atoms with E-state index in [4.69, 9.17) is 5.73 Å². The van der Waals surface area contributed by atoms with Crippen molar-refractivity contribution in [1.82, 2.24) is 14.1 Å². The zero-order valence-corrected chi connectivity index (χ0v) is 14.2. The minimum Gasteiger partial charge on any atom is -0.330 e. The summed E-state index contributed by atoms with van der Waals surface area (Å²) in [5.74, 6) is 0. The Morgan fingerprint density at radius 3 is 2.52 bits per heavy atom. The van der Waals surface area contributed by atoms with Gasteiger partial charge in [0.1, 0.15) is 4.90 Å². The number of hydrogen-bond acceptors (Lipinski definition) is 4. The van der Waals surface area contributed by atoms with Gasteiger partial charge in [0.2, 0.25) is 10.0 Å². The van der Waals surface area contributed by atoms with Gasteiger partial charge in [-0.1, -0.05) is 6.08 Å². The molecule has 1 heterocycles. The second kappa shape index (κ2) is 7.20. The minimum atomic E-state index is -3.58. The van der Waals surface area contributed by atoms with Gasteiger partial charge in [-0.2, -0.15) is 9.40 Å². The van der Waals surface area contributed by atoms with E-state index in [1.807, 2.05) is 13.8 Å². The molecule has 0 aliphatic heterocycles. The molecule has 0 bridgehead atoms. The number of rotatable bonds is 8. The minimum absolute atomic E-state index is 0.140. The van der Waals surface area contributed by atoms with Crippen molar-refractivity contribution < 1.29 is 8.42 Å². The first-order valence-electron chi connectivity index (χ1n) is 7.14. The van der Waals surface area contributed by atoms with Gasteiger partial charge >= 0.3 is 0 Å². The second-order valence-corrected chi connectivity index (χ2v) is 7.15. The molecule has 0 radical (unpaired) electrons. The van der Waals surface area contributed by atoms with Crippen LogP contribution in [0.4, 0.5) is 0 Å². The van der Waals surface area contributed by atoms with Gasteiger partial charge in [-0.15, -0.1) is 6.58 Å². The molecule has 0 aliphatic rings. The first kappa shape index (κ1) is 17.9. The summed E-state index contributed by atoms with van der Waals surface area (Å²) in [6.45, 7) is 12.3. The van der Waals surface area contributed by atoms with Crippen LogP contribution in [0.25, 0.3) is 0 Å². The van der Waals surface area contributed by atoms with E-state index in [-0.39, 0.29) is 12.6 Å². The molecule has 0 saturated carbocycles. The molecule has 0 aromatic carbocycles. The van der Waals surface area contributed by atoms with Gasteiger partial charge in [0.15, 0.2) is 0 Å². The van der Waals surface area contributed by atoms with Crippen molar-refractivity contribution >= 4 is 10.0 Å². The van der Waals surface area contributed by atoms with Crippen LogP contribution in [0.2, 0.25) is 0 Å². The van der Waals surface area contributed by atoms with E-state index in [2.05, 4.69) is 11.7 Å². The fraction of sp³-hybridized carbons (Fsp3) is 0.643. The topological polar surface area (TPSA) is 81.2 Å². The lowest BCUT2D eigenvalue weighted by Crippen LogP contribution is -2.37. The molecule has 1 rings (SSSR count). The molecule has 0 fully saturated rings. The van der Waals surface area contributed by atoms with Gasteiger partial charge in [0.05, 0.1) is 11.4 Å². The summed E-state index contributed by atoms with van der Waals surface area (Å²) >= 11 is 0. The number of hydrogen-bond donors (Lipinski definition) is 1. The van der Waals surface area contributed by atoms with Crippen molar-refractivity contribution in [2.75, 3.05) is 13.1 Å². The Morgan fingerprint density at radius 1 is 1.43 bits per heavy atom. The molecular formula is C14H26N4O2S. The lowest BCUT2D eigenvalue weighted by molar-refractivity contribution is 0.382. The molecule has 0 aliphatic carbocycles. The zero-order valence-electron chi connectivity index (χ0n) is 13.3. The van der Waals surface area contributed by atoms with Gasteiger partial charge in [0, 0.05) is 19.1 Å². The highest BCUT2D eigenvalue weighted by molar-refractivity contribution is 7.89. The molecule has 0 unspecified atom stereocenters. The Balaban J connectivity index is 3.30. The lowest BCUT2D eigenvalue weighted by atomic mass is 10.4. The van der Waals surface area contributed by atoms with E-state index in [1.54, 1.807) is 24.6 Å². The standard InChI is InChI=1S/C14H26N4O2S/c1-6-9-18(11(2)3)21(19,20)14-12(4)16-17(13(14)5)10-7-8-15/h6,11H,1,7-10,15H2,2-5H3. The van der Waals surface area contributed by atoms with E-state index in [0.29, 0.717) is 29.4 Å². The molecule has 2 N–H and O–H groups in total.